The number of carbonyl (C=O) groups is 1. The normalized spacial score (nSPS) is 18.6. The fraction of sp³-hybridized carbons (Fsp3) is 0.500. The summed E-state index contributed by atoms with van der Waals surface area (Å²) in [7, 11) is 0. The van der Waals surface area contributed by atoms with Gasteiger partial charge in [0.15, 0.2) is 0 Å². The molecule has 0 spiro atoms. The van der Waals surface area contributed by atoms with Crippen molar-refractivity contribution in [2.24, 2.45) is 5.92 Å². The fourth-order valence-corrected chi connectivity index (χ4v) is 2.52. The molecule has 2 aromatic rings. The molecular weight excluding hydrogens is 256 g/mol. The summed E-state index contributed by atoms with van der Waals surface area (Å²) in [6.45, 7) is 4.68. The average molecular weight is 274 g/mol. The SMILES string of the molecule is Cc1noc2ncc(C(=O)NCCC3CCNC3)cc12. The van der Waals surface area contributed by atoms with E-state index in [2.05, 4.69) is 20.8 Å². The number of carbonyl (C=O) groups excluding carboxylic acids is 1. The van der Waals surface area contributed by atoms with Crippen molar-refractivity contribution in [3.8, 4) is 0 Å². The molecular formula is C14H18N4O2. The van der Waals surface area contributed by atoms with Crippen molar-refractivity contribution in [3.05, 3.63) is 23.5 Å². The number of pyridine rings is 1. The third kappa shape index (κ3) is 2.65. The van der Waals surface area contributed by atoms with Crippen molar-refractivity contribution in [2.75, 3.05) is 19.6 Å². The topological polar surface area (TPSA) is 80.0 Å². The molecule has 1 saturated heterocycles. The van der Waals surface area contributed by atoms with E-state index in [1.54, 1.807) is 6.07 Å². The van der Waals surface area contributed by atoms with Crippen LogP contribution in [-0.4, -0.2) is 35.7 Å². The maximum Gasteiger partial charge on any atom is 0.257 e. The van der Waals surface area contributed by atoms with Gasteiger partial charge >= 0.3 is 0 Å². The molecule has 106 valence electrons. The highest BCUT2D eigenvalue weighted by molar-refractivity contribution is 5.96. The highest BCUT2D eigenvalue weighted by Crippen LogP contribution is 2.17. The molecule has 1 aliphatic heterocycles. The van der Waals surface area contributed by atoms with Crippen LogP contribution in [0.5, 0.6) is 0 Å². The van der Waals surface area contributed by atoms with Crippen LogP contribution in [0.25, 0.3) is 11.1 Å². The number of nitrogens with zero attached hydrogens (tertiary/aromatic N) is 2. The summed E-state index contributed by atoms with van der Waals surface area (Å²) >= 11 is 0. The molecule has 6 nitrogen and oxygen atoms in total. The minimum absolute atomic E-state index is 0.0917. The number of aromatic nitrogens is 2. The van der Waals surface area contributed by atoms with Gasteiger partial charge < -0.3 is 15.2 Å². The van der Waals surface area contributed by atoms with Crippen LogP contribution in [0.3, 0.4) is 0 Å². The molecule has 2 aromatic heterocycles. The summed E-state index contributed by atoms with van der Waals surface area (Å²) in [6.07, 6.45) is 3.74. The second-order valence-corrected chi connectivity index (χ2v) is 5.25. The summed E-state index contributed by atoms with van der Waals surface area (Å²) in [5.74, 6) is 0.585. The fourth-order valence-electron chi connectivity index (χ4n) is 2.52. The van der Waals surface area contributed by atoms with Gasteiger partial charge in [0, 0.05) is 12.7 Å². The highest BCUT2D eigenvalue weighted by Gasteiger charge is 2.15. The van der Waals surface area contributed by atoms with Crippen LogP contribution in [0.15, 0.2) is 16.8 Å². The number of rotatable bonds is 4. The second-order valence-electron chi connectivity index (χ2n) is 5.25. The van der Waals surface area contributed by atoms with Gasteiger partial charge in [-0.25, -0.2) is 4.98 Å². The smallest absolute Gasteiger partial charge is 0.257 e. The maximum atomic E-state index is 12.1. The lowest BCUT2D eigenvalue weighted by atomic mass is 10.1. The first-order valence-corrected chi connectivity index (χ1v) is 6.95. The van der Waals surface area contributed by atoms with Crippen LogP contribution in [0.4, 0.5) is 0 Å². The zero-order valence-electron chi connectivity index (χ0n) is 11.5. The van der Waals surface area contributed by atoms with Crippen molar-refractivity contribution in [1.29, 1.82) is 0 Å². The zero-order valence-corrected chi connectivity index (χ0v) is 11.5. The van der Waals surface area contributed by atoms with Crippen molar-refractivity contribution < 1.29 is 9.32 Å². The van der Waals surface area contributed by atoms with Gasteiger partial charge in [0.2, 0.25) is 0 Å². The van der Waals surface area contributed by atoms with Crippen LogP contribution in [0.1, 0.15) is 28.9 Å². The number of hydrogen-bond donors (Lipinski definition) is 2. The van der Waals surface area contributed by atoms with E-state index in [1.165, 1.54) is 12.6 Å². The molecule has 1 unspecified atom stereocenters. The standard InChI is InChI=1S/C14H18N4O2/c1-9-12-6-11(8-17-14(12)20-18-9)13(19)16-5-3-10-2-4-15-7-10/h6,8,10,15H,2-5,7H2,1H3,(H,16,19). The Kier molecular flexibility index (Phi) is 3.64. The van der Waals surface area contributed by atoms with Crippen LogP contribution in [-0.2, 0) is 0 Å². The van der Waals surface area contributed by atoms with Crippen molar-refractivity contribution in [1.82, 2.24) is 20.8 Å². The van der Waals surface area contributed by atoms with E-state index in [0.717, 1.165) is 30.6 Å². The number of amides is 1. The van der Waals surface area contributed by atoms with Gasteiger partial charge in [-0.3, -0.25) is 4.79 Å². The van der Waals surface area contributed by atoms with Gasteiger partial charge in [-0.2, -0.15) is 0 Å². The quantitative estimate of drug-likeness (QED) is 0.877. The Morgan fingerprint density at radius 3 is 3.30 bits per heavy atom. The monoisotopic (exact) mass is 274 g/mol. The second kappa shape index (κ2) is 5.58. The number of nitrogens with one attached hydrogen (secondary N) is 2. The molecule has 0 aliphatic carbocycles. The molecule has 0 aromatic carbocycles. The first-order chi connectivity index (χ1) is 9.74. The molecule has 0 bridgehead atoms. The summed E-state index contributed by atoms with van der Waals surface area (Å²) < 4.78 is 5.03. The Balaban J connectivity index is 1.61. The van der Waals surface area contributed by atoms with Crippen molar-refractivity contribution in [2.45, 2.75) is 19.8 Å². The largest absolute Gasteiger partial charge is 0.352 e. The summed E-state index contributed by atoms with van der Waals surface area (Å²) in [6, 6.07) is 1.78. The minimum atomic E-state index is -0.0917. The van der Waals surface area contributed by atoms with E-state index in [9.17, 15) is 4.79 Å². The molecule has 20 heavy (non-hydrogen) atoms. The van der Waals surface area contributed by atoms with E-state index in [4.69, 9.17) is 4.52 Å². The first kappa shape index (κ1) is 13.1. The molecule has 3 heterocycles. The van der Waals surface area contributed by atoms with Crippen molar-refractivity contribution >= 4 is 17.0 Å². The van der Waals surface area contributed by atoms with Crippen LogP contribution in [0, 0.1) is 12.8 Å². The maximum absolute atomic E-state index is 12.1. The van der Waals surface area contributed by atoms with Gasteiger partial charge in [-0.05, 0) is 44.8 Å². The predicted molar refractivity (Wildman–Crippen MR) is 74.5 cm³/mol. The van der Waals surface area contributed by atoms with Crippen LogP contribution in [0.2, 0.25) is 0 Å². The molecule has 1 atom stereocenters. The Labute approximate surface area is 116 Å². The molecule has 0 saturated carbocycles. The average Bonchev–Trinajstić information content (AvgIpc) is 3.09. The third-order valence-corrected chi connectivity index (χ3v) is 3.77. The first-order valence-electron chi connectivity index (χ1n) is 6.95. The Morgan fingerprint density at radius 1 is 1.60 bits per heavy atom. The van der Waals surface area contributed by atoms with Gasteiger partial charge in [0.1, 0.15) is 0 Å². The number of hydrogen-bond acceptors (Lipinski definition) is 5. The number of fused-ring (bicyclic) bond motifs is 1. The van der Waals surface area contributed by atoms with E-state index in [1.807, 2.05) is 6.92 Å². The van der Waals surface area contributed by atoms with Crippen molar-refractivity contribution in [3.63, 3.8) is 0 Å². The summed E-state index contributed by atoms with van der Waals surface area (Å²) in [5, 5.41) is 10.9. The Hall–Kier alpha value is -1.95. The molecule has 0 radical (unpaired) electrons. The molecule has 1 amide bonds. The molecule has 3 rings (SSSR count). The van der Waals surface area contributed by atoms with Gasteiger partial charge in [-0.15, -0.1) is 0 Å². The van der Waals surface area contributed by atoms with Gasteiger partial charge in [0.05, 0.1) is 16.6 Å². The molecule has 6 heteroatoms. The molecule has 1 aliphatic rings. The lowest BCUT2D eigenvalue weighted by Crippen LogP contribution is -2.26. The predicted octanol–water partition coefficient (Wildman–Crippen LogP) is 1.26. The molecule has 1 fully saturated rings. The van der Waals surface area contributed by atoms with Crippen LogP contribution < -0.4 is 10.6 Å². The summed E-state index contributed by atoms with van der Waals surface area (Å²) in [5.41, 5.74) is 1.77. The lowest BCUT2D eigenvalue weighted by Gasteiger charge is -2.09. The minimum Gasteiger partial charge on any atom is -0.352 e. The summed E-state index contributed by atoms with van der Waals surface area (Å²) in [4.78, 5) is 16.2. The lowest BCUT2D eigenvalue weighted by molar-refractivity contribution is 0.0951. The zero-order chi connectivity index (χ0) is 13.9. The Morgan fingerprint density at radius 2 is 2.50 bits per heavy atom. The van der Waals surface area contributed by atoms with Gasteiger partial charge in [0.25, 0.3) is 11.6 Å². The molecule has 2 N–H and O–H groups in total. The van der Waals surface area contributed by atoms with E-state index < -0.39 is 0 Å². The van der Waals surface area contributed by atoms with E-state index >= 15 is 0 Å². The highest BCUT2D eigenvalue weighted by atomic mass is 16.5. The van der Waals surface area contributed by atoms with E-state index in [-0.39, 0.29) is 5.91 Å². The van der Waals surface area contributed by atoms with Crippen LogP contribution >= 0.6 is 0 Å². The van der Waals surface area contributed by atoms with Gasteiger partial charge in [-0.1, -0.05) is 5.16 Å². The third-order valence-electron chi connectivity index (χ3n) is 3.77. The van der Waals surface area contributed by atoms with E-state index in [0.29, 0.717) is 23.7 Å². The number of aryl methyl sites for hydroxylation is 1. The Bertz CT molecular complexity index is 617.